The number of benzene rings is 2. The number of carbonyl (C=O) groups is 1. The third-order valence-electron chi connectivity index (χ3n) is 2.46. The molecule has 0 bridgehead atoms. The molecule has 102 valence electrons. The molecule has 2 aromatic carbocycles. The Balaban J connectivity index is 2.36. The van der Waals surface area contributed by atoms with Crippen LogP contribution in [0.25, 0.3) is 0 Å². The van der Waals surface area contributed by atoms with Gasteiger partial charge >= 0.3 is 5.97 Å². The second-order valence-electron chi connectivity index (χ2n) is 3.78. The van der Waals surface area contributed by atoms with Crippen LogP contribution in [-0.4, -0.2) is 16.0 Å². The van der Waals surface area contributed by atoms with E-state index < -0.39 is 10.9 Å². The zero-order valence-corrected chi connectivity index (χ0v) is 12.3. The molecule has 0 amide bonds. The predicted octanol–water partition coefficient (Wildman–Crippen LogP) is 4.21. The quantitative estimate of drug-likeness (QED) is 0.657. The number of para-hydroxylation sites is 1. The summed E-state index contributed by atoms with van der Waals surface area (Å²) < 4.78 is 0.584. The van der Waals surface area contributed by atoms with Gasteiger partial charge in [0.05, 0.1) is 15.4 Å². The van der Waals surface area contributed by atoms with Crippen LogP contribution in [-0.2, 0) is 0 Å². The summed E-state index contributed by atoms with van der Waals surface area (Å²) >= 11 is 4.49. The summed E-state index contributed by atoms with van der Waals surface area (Å²) in [6, 6.07) is 11.0. The van der Waals surface area contributed by atoms with Gasteiger partial charge in [-0.3, -0.25) is 10.1 Å². The number of nitro benzene ring substituents is 1. The van der Waals surface area contributed by atoms with Gasteiger partial charge < -0.3 is 5.11 Å². The molecule has 0 atom stereocenters. The standard InChI is InChI=1S/C13H8BrNO4S/c14-9-7-8(13(16)17)5-6-11(9)20-12-4-2-1-3-10(12)15(18)19/h1-7H,(H,16,17). The topological polar surface area (TPSA) is 80.4 Å². The average Bonchev–Trinajstić information content (AvgIpc) is 2.41. The molecule has 0 aliphatic rings. The molecule has 0 aromatic heterocycles. The highest BCUT2D eigenvalue weighted by atomic mass is 79.9. The van der Waals surface area contributed by atoms with Crippen LogP contribution in [0.1, 0.15) is 10.4 Å². The summed E-state index contributed by atoms with van der Waals surface area (Å²) in [5.74, 6) is -1.02. The van der Waals surface area contributed by atoms with Crippen molar-refractivity contribution in [1.29, 1.82) is 0 Å². The van der Waals surface area contributed by atoms with Crippen molar-refractivity contribution < 1.29 is 14.8 Å². The minimum Gasteiger partial charge on any atom is -0.478 e. The number of halogens is 1. The minimum atomic E-state index is -1.02. The van der Waals surface area contributed by atoms with Crippen molar-refractivity contribution in [3.63, 3.8) is 0 Å². The van der Waals surface area contributed by atoms with Crippen LogP contribution < -0.4 is 0 Å². The molecule has 0 heterocycles. The van der Waals surface area contributed by atoms with Crippen molar-refractivity contribution in [3.8, 4) is 0 Å². The Hall–Kier alpha value is -1.86. The molecule has 0 saturated carbocycles. The van der Waals surface area contributed by atoms with Gasteiger partial charge in [0.15, 0.2) is 0 Å². The highest BCUT2D eigenvalue weighted by molar-refractivity contribution is 9.10. The number of aromatic carboxylic acids is 1. The van der Waals surface area contributed by atoms with Crippen molar-refractivity contribution in [1.82, 2.24) is 0 Å². The molecule has 5 nitrogen and oxygen atoms in total. The third kappa shape index (κ3) is 3.17. The van der Waals surface area contributed by atoms with Gasteiger partial charge in [0, 0.05) is 15.4 Å². The molecule has 2 rings (SSSR count). The first-order valence-electron chi connectivity index (χ1n) is 5.43. The Labute approximate surface area is 126 Å². The smallest absolute Gasteiger partial charge is 0.335 e. The monoisotopic (exact) mass is 353 g/mol. The Kier molecular flexibility index (Phi) is 4.41. The zero-order valence-electron chi connectivity index (χ0n) is 9.95. The van der Waals surface area contributed by atoms with E-state index in [0.29, 0.717) is 14.3 Å². The summed E-state index contributed by atoms with van der Waals surface area (Å²) in [6.45, 7) is 0. The molecule has 0 aliphatic carbocycles. The van der Waals surface area contributed by atoms with Crippen molar-refractivity contribution in [2.45, 2.75) is 9.79 Å². The van der Waals surface area contributed by atoms with Crippen LogP contribution in [0.4, 0.5) is 5.69 Å². The highest BCUT2D eigenvalue weighted by Crippen LogP contribution is 2.38. The van der Waals surface area contributed by atoms with Gasteiger partial charge in [0.25, 0.3) is 5.69 Å². The fraction of sp³-hybridized carbons (Fsp3) is 0. The Morgan fingerprint density at radius 1 is 1.20 bits per heavy atom. The van der Waals surface area contributed by atoms with Crippen LogP contribution in [0.15, 0.2) is 56.7 Å². The van der Waals surface area contributed by atoms with Gasteiger partial charge in [0.1, 0.15) is 0 Å². The maximum absolute atomic E-state index is 10.9. The number of hydrogen-bond donors (Lipinski definition) is 1. The lowest BCUT2D eigenvalue weighted by atomic mass is 10.2. The number of carboxylic acids is 1. The van der Waals surface area contributed by atoms with E-state index in [4.69, 9.17) is 5.11 Å². The summed E-state index contributed by atoms with van der Waals surface area (Å²) in [5.41, 5.74) is 0.176. The molecule has 0 fully saturated rings. The van der Waals surface area contributed by atoms with E-state index in [1.165, 1.54) is 30.0 Å². The molecule has 0 spiro atoms. The highest BCUT2D eigenvalue weighted by Gasteiger charge is 2.15. The van der Waals surface area contributed by atoms with E-state index in [1.807, 2.05) is 0 Å². The molecule has 20 heavy (non-hydrogen) atoms. The van der Waals surface area contributed by atoms with Crippen LogP contribution in [0.5, 0.6) is 0 Å². The van der Waals surface area contributed by atoms with Crippen LogP contribution in [0, 0.1) is 10.1 Å². The Morgan fingerprint density at radius 3 is 2.50 bits per heavy atom. The van der Waals surface area contributed by atoms with Gasteiger partial charge in [0.2, 0.25) is 0 Å². The maximum Gasteiger partial charge on any atom is 0.335 e. The first-order valence-corrected chi connectivity index (χ1v) is 7.04. The lowest BCUT2D eigenvalue weighted by molar-refractivity contribution is -0.387. The maximum atomic E-state index is 10.9. The van der Waals surface area contributed by atoms with Crippen molar-refractivity contribution in [2.75, 3.05) is 0 Å². The molecule has 0 unspecified atom stereocenters. The second kappa shape index (κ2) is 6.06. The van der Waals surface area contributed by atoms with Crippen LogP contribution >= 0.6 is 27.7 Å². The first-order chi connectivity index (χ1) is 9.49. The molecule has 0 saturated heterocycles. The lowest BCUT2D eigenvalue weighted by Gasteiger charge is -2.06. The number of nitro groups is 1. The summed E-state index contributed by atoms with van der Waals surface area (Å²) in [7, 11) is 0. The number of carboxylic acid groups (broad SMARTS) is 1. The van der Waals surface area contributed by atoms with Gasteiger partial charge in [-0.15, -0.1) is 0 Å². The zero-order chi connectivity index (χ0) is 14.7. The Bertz CT molecular complexity index is 690. The van der Waals surface area contributed by atoms with Crippen molar-refractivity contribution in [2.24, 2.45) is 0 Å². The van der Waals surface area contributed by atoms with Crippen LogP contribution in [0.3, 0.4) is 0 Å². The SMILES string of the molecule is O=C(O)c1ccc(Sc2ccccc2[N+](=O)[O-])c(Br)c1. The molecule has 0 radical (unpaired) electrons. The fourth-order valence-corrected chi connectivity index (χ4v) is 3.07. The molecular formula is C13H8BrNO4S. The minimum absolute atomic E-state index is 0.0201. The molecule has 0 aliphatic heterocycles. The second-order valence-corrected chi connectivity index (χ2v) is 5.72. The normalized spacial score (nSPS) is 10.2. The fourth-order valence-electron chi connectivity index (χ4n) is 1.53. The molecule has 1 N–H and O–H groups in total. The van der Waals surface area contributed by atoms with E-state index in [0.717, 1.165) is 0 Å². The van der Waals surface area contributed by atoms with Gasteiger partial charge in [-0.05, 0) is 40.2 Å². The molecular weight excluding hydrogens is 346 g/mol. The van der Waals surface area contributed by atoms with E-state index in [2.05, 4.69) is 15.9 Å². The number of rotatable bonds is 4. The predicted molar refractivity (Wildman–Crippen MR) is 78.3 cm³/mol. The first kappa shape index (κ1) is 14.5. The Morgan fingerprint density at radius 2 is 1.90 bits per heavy atom. The van der Waals surface area contributed by atoms with Crippen molar-refractivity contribution in [3.05, 3.63) is 62.6 Å². The molecule has 2 aromatic rings. The lowest BCUT2D eigenvalue weighted by Crippen LogP contribution is -1.96. The third-order valence-corrected chi connectivity index (χ3v) is 4.52. The molecule has 7 heteroatoms. The number of hydrogen-bond acceptors (Lipinski definition) is 4. The largest absolute Gasteiger partial charge is 0.478 e. The number of nitrogens with zero attached hydrogens (tertiary/aromatic N) is 1. The van der Waals surface area contributed by atoms with E-state index in [1.54, 1.807) is 24.3 Å². The van der Waals surface area contributed by atoms with Gasteiger partial charge in [-0.2, -0.15) is 0 Å². The van der Waals surface area contributed by atoms with E-state index in [-0.39, 0.29) is 11.3 Å². The van der Waals surface area contributed by atoms with Crippen LogP contribution in [0.2, 0.25) is 0 Å². The average molecular weight is 354 g/mol. The van der Waals surface area contributed by atoms with E-state index in [9.17, 15) is 14.9 Å². The van der Waals surface area contributed by atoms with Crippen molar-refractivity contribution >= 4 is 39.3 Å². The van der Waals surface area contributed by atoms with Gasteiger partial charge in [-0.25, -0.2) is 4.79 Å². The summed E-state index contributed by atoms with van der Waals surface area (Å²) in [4.78, 5) is 22.6. The summed E-state index contributed by atoms with van der Waals surface area (Å²) in [5, 5.41) is 19.8. The van der Waals surface area contributed by atoms with Gasteiger partial charge in [-0.1, -0.05) is 23.9 Å². The van der Waals surface area contributed by atoms with E-state index >= 15 is 0 Å². The summed E-state index contributed by atoms with van der Waals surface area (Å²) in [6.07, 6.45) is 0.